The van der Waals surface area contributed by atoms with E-state index in [0.29, 0.717) is 29.2 Å². The number of urea groups is 1. The Balaban J connectivity index is 1.40. The highest BCUT2D eigenvalue weighted by Gasteiger charge is 2.35. The van der Waals surface area contributed by atoms with Gasteiger partial charge in [0.05, 0.1) is 28.8 Å². The lowest BCUT2D eigenvalue weighted by Gasteiger charge is -2.20. The molecule has 1 aliphatic rings. The maximum absolute atomic E-state index is 14.1. The Kier molecular flexibility index (Phi) is 7.11. The number of nitrogens with zero attached hydrogens (tertiary/aromatic N) is 4. The highest BCUT2D eigenvalue weighted by molar-refractivity contribution is 6.00. The van der Waals surface area contributed by atoms with E-state index >= 15 is 0 Å². The molecule has 5 rings (SSSR count). The normalized spacial score (nSPS) is 13.3. The number of nitrogens with one attached hydrogen (secondary N) is 3. The summed E-state index contributed by atoms with van der Waals surface area (Å²) >= 11 is 0. The van der Waals surface area contributed by atoms with Gasteiger partial charge in [-0.3, -0.25) is 15.1 Å². The molecule has 0 saturated heterocycles. The molecular weight excluding hydrogens is 539 g/mol. The molecule has 0 spiro atoms. The van der Waals surface area contributed by atoms with Crippen LogP contribution in [0.1, 0.15) is 44.0 Å². The molecule has 0 unspecified atom stereocenters. The maximum atomic E-state index is 14.1. The van der Waals surface area contributed by atoms with E-state index in [1.165, 1.54) is 23.0 Å². The van der Waals surface area contributed by atoms with Gasteiger partial charge in [0.1, 0.15) is 23.1 Å². The van der Waals surface area contributed by atoms with E-state index in [0.717, 1.165) is 12.1 Å². The van der Waals surface area contributed by atoms with Crippen LogP contribution >= 0.6 is 0 Å². The first-order chi connectivity index (χ1) is 19.4. The molecular formula is C28H26F3N7O3. The average molecular weight is 566 g/mol. The number of rotatable bonds is 5. The number of halogens is 3. The SMILES string of the molecule is CC(C)(C)c1cc(NC(=O)Nc2ccc(Oc3ccnc4c3CCC(=O)N4)cc2C(F)(F)F)n(-c2cccnc2)n1. The zero-order valence-corrected chi connectivity index (χ0v) is 22.3. The summed E-state index contributed by atoms with van der Waals surface area (Å²) in [5.74, 6) is 0.541. The lowest BCUT2D eigenvalue weighted by Crippen LogP contribution is -2.23. The first-order valence-electron chi connectivity index (χ1n) is 12.6. The standard InChI is InChI=1S/C28H26F3N7O3/c1-27(2,3)22-14-23(38(37-22)16-5-4-11-32-15-16)35-26(40)34-20-8-6-17(13-19(20)28(29,30)31)41-21-10-12-33-25-18(21)7-9-24(39)36-25/h4-6,8,10-15H,7,9H2,1-3H3,(H,33,36,39)(H2,34,35,40). The minimum absolute atomic E-state index is 0.0990. The van der Waals surface area contributed by atoms with Gasteiger partial charge in [-0.05, 0) is 42.8 Å². The van der Waals surface area contributed by atoms with Gasteiger partial charge in [0, 0.05) is 35.9 Å². The Morgan fingerprint density at radius 3 is 2.56 bits per heavy atom. The molecule has 41 heavy (non-hydrogen) atoms. The number of carbonyl (C=O) groups is 2. The van der Waals surface area contributed by atoms with Crippen molar-refractivity contribution in [2.24, 2.45) is 0 Å². The Hall–Kier alpha value is -4.94. The van der Waals surface area contributed by atoms with Crippen molar-refractivity contribution >= 4 is 29.3 Å². The molecule has 10 nitrogen and oxygen atoms in total. The van der Waals surface area contributed by atoms with Gasteiger partial charge in [0.2, 0.25) is 5.91 Å². The van der Waals surface area contributed by atoms with Crippen LogP contribution in [-0.4, -0.2) is 31.7 Å². The first kappa shape index (κ1) is 27.6. The lowest BCUT2D eigenvalue weighted by atomic mass is 9.92. The third-order valence-electron chi connectivity index (χ3n) is 6.26. The molecule has 3 amide bonds. The fraction of sp³-hybridized carbons (Fsp3) is 0.250. The number of hydrogen-bond donors (Lipinski definition) is 3. The van der Waals surface area contributed by atoms with Gasteiger partial charge >= 0.3 is 12.2 Å². The first-order valence-corrected chi connectivity index (χ1v) is 12.6. The molecule has 0 radical (unpaired) electrons. The van der Waals surface area contributed by atoms with Crippen LogP contribution in [0.15, 0.2) is 61.1 Å². The Morgan fingerprint density at radius 2 is 1.85 bits per heavy atom. The summed E-state index contributed by atoms with van der Waals surface area (Å²) in [4.78, 5) is 32.8. The van der Waals surface area contributed by atoms with Crippen molar-refractivity contribution < 1.29 is 27.5 Å². The number of amides is 3. The second-order valence-corrected chi connectivity index (χ2v) is 10.4. The van der Waals surface area contributed by atoms with Crippen molar-refractivity contribution in [1.82, 2.24) is 19.7 Å². The van der Waals surface area contributed by atoms with Gasteiger partial charge < -0.3 is 15.4 Å². The van der Waals surface area contributed by atoms with Gasteiger partial charge in [-0.2, -0.15) is 18.3 Å². The van der Waals surface area contributed by atoms with Crippen LogP contribution in [-0.2, 0) is 22.8 Å². The van der Waals surface area contributed by atoms with E-state index in [4.69, 9.17) is 4.74 Å². The Labute approximate surface area is 233 Å². The van der Waals surface area contributed by atoms with Gasteiger partial charge in [-0.15, -0.1) is 0 Å². The molecule has 0 atom stereocenters. The largest absolute Gasteiger partial charge is 0.457 e. The van der Waals surface area contributed by atoms with Crippen LogP contribution < -0.4 is 20.7 Å². The molecule has 0 bridgehead atoms. The van der Waals surface area contributed by atoms with Crippen molar-refractivity contribution in [2.75, 3.05) is 16.0 Å². The smallest absolute Gasteiger partial charge is 0.418 e. The predicted octanol–water partition coefficient (Wildman–Crippen LogP) is 6.30. The van der Waals surface area contributed by atoms with Gasteiger partial charge in [0.25, 0.3) is 0 Å². The highest BCUT2D eigenvalue weighted by atomic mass is 19.4. The van der Waals surface area contributed by atoms with Crippen LogP contribution in [0, 0.1) is 0 Å². The minimum atomic E-state index is -4.80. The summed E-state index contributed by atoms with van der Waals surface area (Å²) in [5, 5.41) is 12.1. The molecule has 0 fully saturated rings. The van der Waals surface area contributed by atoms with Gasteiger partial charge in [0.15, 0.2) is 0 Å². The molecule has 1 aliphatic heterocycles. The topological polar surface area (TPSA) is 123 Å². The summed E-state index contributed by atoms with van der Waals surface area (Å²) < 4.78 is 49.5. The Morgan fingerprint density at radius 1 is 1.05 bits per heavy atom. The fourth-order valence-electron chi connectivity index (χ4n) is 4.19. The second kappa shape index (κ2) is 10.6. The molecule has 0 aliphatic carbocycles. The molecule has 3 aromatic heterocycles. The quantitative estimate of drug-likeness (QED) is 0.261. The van der Waals surface area contributed by atoms with Crippen molar-refractivity contribution in [3.05, 3.63) is 77.9 Å². The zero-order chi connectivity index (χ0) is 29.4. The van der Waals surface area contributed by atoms with Crippen LogP contribution in [0.5, 0.6) is 11.5 Å². The predicted molar refractivity (Wildman–Crippen MR) is 145 cm³/mol. The van der Waals surface area contributed by atoms with Crippen LogP contribution in [0.4, 0.5) is 35.3 Å². The number of anilines is 3. The summed E-state index contributed by atoms with van der Waals surface area (Å²) in [6.07, 6.45) is 0.276. The number of benzene rings is 1. The number of carbonyl (C=O) groups excluding carboxylic acids is 2. The van der Waals surface area contributed by atoms with E-state index in [9.17, 15) is 22.8 Å². The number of pyridine rings is 2. The maximum Gasteiger partial charge on any atom is 0.418 e. The number of fused-ring (bicyclic) bond motifs is 1. The number of alkyl halides is 3. The van der Waals surface area contributed by atoms with E-state index in [1.807, 2.05) is 20.8 Å². The third-order valence-corrected chi connectivity index (χ3v) is 6.26. The number of ether oxygens (including phenoxy) is 1. The molecule has 3 N–H and O–H groups in total. The minimum Gasteiger partial charge on any atom is -0.457 e. The van der Waals surface area contributed by atoms with Gasteiger partial charge in [-0.1, -0.05) is 20.8 Å². The van der Waals surface area contributed by atoms with Crippen LogP contribution in [0.2, 0.25) is 0 Å². The molecule has 4 aromatic rings. The number of hydrogen-bond acceptors (Lipinski definition) is 6. The van der Waals surface area contributed by atoms with Crippen molar-refractivity contribution in [3.63, 3.8) is 0 Å². The average Bonchev–Trinajstić information content (AvgIpc) is 3.33. The van der Waals surface area contributed by atoms with Crippen LogP contribution in [0.3, 0.4) is 0 Å². The fourth-order valence-corrected chi connectivity index (χ4v) is 4.19. The van der Waals surface area contributed by atoms with Crippen molar-refractivity contribution in [2.45, 2.75) is 45.2 Å². The zero-order valence-electron chi connectivity index (χ0n) is 22.3. The van der Waals surface area contributed by atoms with Gasteiger partial charge in [-0.25, -0.2) is 14.5 Å². The molecule has 1 aromatic carbocycles. The van der Waals surface area contributed by atoms with Crippen molar-refractivity contribution in [1.29, 1.82) is 0 Å². The van der Waals surface area contributed by atoms with Crippen molar-refractivity contribution in [3.8, 4) is 17.2 Å². The van der Waals surface area contributed by atoms with E-state index in [2.05, 4.69) is 31.0 Å². The van der Waals surface area contributed by atoms with E-state index < -0.39 is 23.5 Å². The summed E-state index contributed by atoms with van der Waals surface area (Å²) in [5.41, 5.74) is -0.116. The van der Waals surface area contributed by atoms with E-state index in [-0.39, 0.29) is 35.1 Å². The third kappa shape index (κ3) is 6.13. The molecule has 0 saturated carbocycles. The monoisotopic (exact) mass is 565 g/mol. The molecule has 4 heterocycles. The van der Waals surface area contributed by atoms with Crippen LogP contribution in [0.25, 0.3) is 5.69 Å². The molecule has 13 heteroatoms. The summed E-state index contributed by atoms with van der Waals surface area (Å²) in [6.45, 7) is 5.84. The molecule has 212 valence electrons. The number of aromatic nitrogens is 4. The highest BCUT2D eigenvalue weighted by Crippen LogP contribution is 2.39. The Bertz CT molecular complexity index is 1610. The second-order valence-electron chi connectivity index (χ2n) is 10.4. The summed E-state index contributed by atoms with van der Waals surface area (Å²) in [7, 11) is 0. The lowest BCUT2D eigenvalue weighted by molar-refractivity contribution is -0.137. The van der Waals surface area contributed by atoms with E-state index in [1.54, 1.807) is 30.6 Å². The summed E-state index contributed by atoms with van der Waals surface area (Å²) in [6, 6.07) is 8.96.